The van der Waals surface area contributed by atoms with E-state index >= 15 is 0 Å². The van der Waals surface area contributed by atoms with E-state index in [2.05, 4.69) is 33.8 Å². The van der Waals surface area contributed by atoms with E-state index in [1.54, 1.807) is 10.9 Å². The van der Waals surface area contributed by atoms with Gasteiger partial charge in [-0.05, 0) is 18.3 Å². The van der Waals surface area contributed by atoms with Crippen LogP contribution in [0.2, 0.25) is 0 Å². The minimum absolute atomic E-state index is 0.101. The number of H-pyrrole nitrogens is 1. The van der Waals surface area contributed by atoms with E-state index < -0.39 is 0 Å². The summed E-state index contributed by atoms with van der Waals surface area (Å²) in [4.78, 5) is 21.8. The standard InChI is InChI=1S/C14H21N5O/c1-9-4-10(2)7-19(6-9)8-12-16-13-11(14(20)17-12)5-15-18(13)3/h5,9-10H,4,6-8H2,1-3H3,(H,16,17,20). The fourth-order valence-electron chi connectivity index (χ4n) is 3.29. The molecule has 3 heterocycles. The topological polar surface area (TPSA) is 66.8 Å². The van der Waals surface area contributed by atoms with Gasteiger partial charge in [-0.3, -0.25) is 14.4 Å². The van der Waals surface area contributed by atoms with Gasteiger partial charge in [0.1, 0.15) is 11.2 Å². The van der Waals surface area contributed by atoms with Crippen molar-refractivity contribution in [2.45, 2.75) is 26.8 Å². The van der Waals surface area contributed by atoms with Gasteiger partial charge in [-0.1, -0.05) is 13.8 Å². The summed E-state index contributed by atoms with van der Waals surface area (Å²) < 4.78 is 1.65. The lowest BCUT2D eigenvalue weighted by Crippen LogP contribution is -2.38. The maximum Gasteiger partial charge on any atom is 0.262 e. The van der Waals surface area contributed by atoms with Crippen LogP contribution in [0.15, 0.2) is 11.0 Å². The molecular formula is C14H21N5O. The number of likely N-dealkylation sites (tertiary alicyclic amines) is 1. The molecule has 1 aliphatic heterocycles. The van der Waals surface area contributed by atoms with Crippen molar-refractivity contribution in [1.29, 1.82) is 0 Å². The van der Waals surface area contributed by atoms with Crippen LogP contribution in [0.25, 0.3) is 11.0 Å². The molecular weight excluding hydrogens is 254 g/mol. The van der Waals surface area contributed by atoms with Crippen LogP contribution in [0.1, 0.15) is 26.1 Å². The molecule has 0 bridgehead atoms. The van der Waals surface area contributed by atoms with Crippen molar-refractivity contribution in [2.75, 3.05) is 13.1 Å². The van der Waals surface area contributed by atoms with E-state index in [4.69, 9.17) is 0 Å². The third-order valence-corrected chi connectivity index (χ3v) is 3.97. The van der Waals surface area contributed by atoms with Gasteiger partial charge in [0.25, 0.3) is 5.56 Å². The summed E-state index contributed by atoms with van der Waals surface area (Å²) in [5, 5.41) is 4.64. The molecule has 108 valence electrons. The molecule has 1 saturated heterocycles. The van der Waals surface area contributed by atoms with Gasteiger partial charge in [0.05, 0.1) is 12.7 Å². The second-order valence-corrected chi connectivity index (χ2v) is 6.16. The number of fused-ring (bicyclic) bond motifs is 1. The summed E-state index contributed by atoms with van der Waals surface area (Å²) in [6.45, 7) is 7.40. The largest absolute Gasteiger partial charge is 0.309 e. The van der Waals surface area contributed by atoms with Gasteiger partial charge in [-0.15, -0.1) is 0 Å². The first-order valence-corrected chi connectivity index (χ1v) is 7.16. The predicted octanol–water partition coefficient (Wildman–Crippen LogP) is 1.13. The highest BCUT2D eigenvalue weighted by Crippen LogP contribution is 2.21. The minimum Gasteiger partial charge on any atom is -0.309 e. The van der Waals surface area contributed by atoms with Crippen molar-refractivity contribution >= 4 is 11.0 Å². The zero-order chi connectivity index (χ0) is 14.3. The van der Waals surface area contributed by atoms with Crippen molar-refractivity contribution in [2.24, 2.45) is 18.9 Å². The molecule has 0 saturated carbocycles. The van der Waals surface area contributed by atoms with Gasteiger partial charge in [0, 0.05) is 20.1 Å². The third-order valence-electron chi connectivity index (χ3n) is 3.97. The van der Waals surface area contributed by atoms with Crippen LogP contribution in [0.4, 0.5) is 0 Å². The maximum absolute atomic E-state index is 12.0. The highest BCUT2D eigenvalue weighted by atomic mass is 16.1. The highest BCUT2D eigenvalue weighted by molar-refractivity contribution is 5.72. The Kier molecular flexibility index (Phi) is 3.33. The van der Waals surface area contributed by atoms with Gasteiger partial charge in [-0.2, -0.15) is 5.10 Å². The number of hydrogen-bond donors (Lipinski definition) is 1. The summed E-state index contributed by atoms with van der Waals surface area (Å²) in [5.41, 5.74) is 0.554. The van der Waals surface area contributed by atoms with E-state index in [9.17, 15) is 4.79 Å². The summed E-state index contributed by atoms with van der Waals surface area (Å²) in [7, 11) is 1.81. The number of piperidine rings is 1. The molecule has 0 aromatic carbocycles. The molecule has 0 spiro atoms. The number of nitrogens with zero attached hydrogens (tertiary/aromatic N) is 4. The van der Waals surface area contributed by atoms with Gasteiger partial charge in [0.2, 0.25) is 0 Å². The first-order valence-electron chi connectivity index (χ1n) is 7.16. The van der Waals surface area contributed by atoms with Crippen molar-refractivity contribution in [3.05, 3.63) is 22.4 Å². The smallest absolute Gasteiger partial charge is 0.262 e. The summed E-state index contributed by atoms with van der Waals surface area (Å²) in [5.74, 6) is 2.13. The van der Waals surface area contributed by atoms with Gasteiger partial charge in [-0.25, -0.2) is 4.98 Å². The molecule has 3 rings (SSSR count). The summed E-state index contributed by atoms with van der Waals surface area (Å²) >= 11 is 0. The van der Waals surface area contributed by atoms with E-state index in [-0.39, 0.29) is 5.56 Å². The molecule has 0 radical (unpaired) electrons. The Balaban J connectivity index is 1.87. The lowest BCUT2D eigenvalue weighted by Gasteiger charge is -2.34. The second-order valence-electron chi connectivity index (χ2n) is 6.16. The molecule has 2 unspecified atom stereocenters. The van der Waals surface area contributed by atoms with E-state index in [0.29, 0.717) is 29.4 Å². The van der Waals surface area contributed by atoms with Crippen molar-refractivity contribution in [1.82, 2.24) is 24.6 Å². The molecule has 2 aromatic rings. The lowest BCUT2D eigenvalue weighted by atomic mass is 9.92. The molecule has 1 aliphatic rings. The van der Waals surface area contributed by atoms with Crippen molar-refractivity contribution < 1.29 is 0 Å². The number of aromatic nitrogens is 4. The molecule has 20 heavy (non-hydrogen) atoms. The number of rotatable bonds is 2. The van der Waals surface area contributed by atoms with Gasteiger partial charge >= 0.3 is 0 Å². The molecule has 6 heteroatoms. The SMILES string of the molecule is CC1CC(C)CN(Cc2nc3c(cnn3C)c(=O)[nH]2)C1. The first-order chi connectivity index (χ1) is 9.52. The van der Waals surface area contributed by atoms with Crippen LogP contribution in [-0.4, -0.2) is 37.7 Å². The fourth-order valence-corrected chi connectivity index (χ4v) is 3.29. The molecule has 2 atom stereocenters. The molecule has 6 nitrogen and oxygen atoms in total. The Bertz CT molecular complexity index is 664. The van der Waals surface area contributed by atoms with Crippen LogP contribution in [0.5, 0.6) is 0 Å². The minimum atomic E-state index is -0.101. The Morgan fingerprint density at radius 2 is 2.05 bits per heavy atom. The van der Waals surface area contributed by atoms with Crippen LogP contribution in [0, 0.1) is 11.8 Å². The lowest BCUT2D eigenvalue weighted by molar-refractivity contribution is 0.131. The average molecular weight is 275 g/mol. The number of nitrogens with one attached hydrogen (secondary N) is 1. The van der Waals surface area contributed by atoms with Crippen molar-refractivity contribution in [3.8, 4) is 0 Å². The number of aryl methyl sites for hydroxylation is 1. The monoisotopic (exact) mass is 275 g/mol. The molecule has 0 aliphatic carbocycles. The predicted molar refractivity (Wildman–Crippen MR) is 77.4 cm³/mol. The summed E-state index contributed by atoms with van der Waals surface area (Å²) in [6, 6.07) is 0. The zero-order valence-electron chi connectivity index (χ0n) is 12.3. The maximum atomic E-state index is 12.0. The Morgan fingerprint density at radius 1 is 1.35 bits per heavy atom. The quantitative estimate of drug-likeness (QED) is 0.892. The molecule has 0 amide bonds. The Hall–Kier alpha value is -1.69. The highest BCUT2D eigenvalue weighted by Gasteiger charge is 2.22. The first kappa shape index (κ1) is 13.3. The van der Waals surface area contributed by atoms with Crippen LogP contribution < -0.4 is 5.56 Å². The number of hydrogen-bond acceptors (Lipinski definition) is 4. The normalized spacial score (nSPS) is 24.4. The third kappa shape index (κ3) is 2.47. The summed E-state index contributed by atoms with van der Waals surface area (Å²) in [6.07, 6.45) is 2.84. The van der Waals surface area contributed by atoms with Crippen molar-refractivity contribution in [3.63, 3.8) is 0 Å². The Labute approximate surface area is 117 Å². The van der Waals surface area contributed by atoms with Gasteiger partial charge < -0.3 is 4.98 Å². The Morgan fingerprint density at radius 3 is 2.75 bits per heavy atom. The zero-order valence-corrected chi connectivity index (χ0v) is 12.3. The molecule has 1 N–H and O–H groups in total. The average Bonchev–Trinajstić information content (AvgIpc) is 2.70. The van der Waals surface area contributed by atoms with Crippen LogP contribution >= 0.6 is 0 Å². The van der Waals surface area contributed by atoms with E-state index in [0.717, 1.165) is 18.9 Å². The second kappa shape index (κ2) is 5.01. The van der Waals surface area contributed by atoms with E-state index in [1.807, 2.05) is 7.05 Å². The molecule has 2 aromatic heterocycles. The van der Waals surface area contributed by atoms with E-state index in [1.165, 1.54) is 6.42 Å². The van der Waals surface area contributed by atoms with Gasteiger partial charge in [0.15, 0.2) is 5.65 Å². The molecule has 1 fully saturated rings. The number of aromatic amines is 1. The van der Waals surface area contributed by atoms with Crippen LogP contribution in [-0.2, 0) is 13.6 Å². The van der Waals surface area contributed by atoms with Crippen LogP contribution in [0.3, 0.4) is 0 Å². The fraction of sp³-hybridized carbons (Fsp3) is 0.643.